The Labute approximate surface area is 152 Å². The molecule has 0 unspecified atom stereocenters. The molecule has 1 heterocycles. The number of nitrogens with two attached hydrogens (primary N) is 1. The predicted molar refractivity (Wildman–Crippen MR) is 95.1 cm³/mol. The van der Waals surface area contributed by atoms with Gasteiger partial charge in [-0.05, 0) is 38.5 Å². The van der Waals surface area contributed by atoms with Crippen molar-refractivity contribution in [3.8, 4) is 11.5 Å². The van der Waals surface area contributed by atoms with Gasteiger partial charge in [-0.25, -0.2) is 13.2 Å². The average Bonchev–Trinajstić information content (AvgIpc) is 2.93. The van der Waals surface area contributed by atoms with Crippen molar-refractivity contribution < 1.29 is 27.4 Å². The Bertz CT molecular complexity index is 832. The minimum Gasteiger partial charge on any atom is -0.454 e. The Balaban J connectivity index is 1.93. The fourth-order valence-electron chi connectivity index (χ4n) is 3.55. The number of nitrogens with one attached hydrogen (secondary N) is 1. The zero-order valence-corrected chi connectivity index (χ0v) is 16.1. The van der Waals surface area contributed by atoms with Gasteiger partial charge in [0.05, 0.1) is 10.8 Å². The third-order valence-corrected chi connectivity index (χ3v) is 6.16. The van der Waals surface area contributed by atoms with E-state index in [0.717, 1.165) is 6.26 Å². The molecule has 0 bridgehead atoms. The van der Waals surface area contributed by atoms with Gasteiger partial charge in [-0.2, -0.15) is 0 Å². The van der Waals surface area contributed by atoms with Crippen molar-refractivity contribution in [3.05, 3.63) is 23.8 Å². The summed E-state index contributed by atoms with van der Waals surface area (Å²) in [7, 11) is -3.47. The maximum Gasteiger partial charge on any atom is 0.408 e. The normalized spacial score (nSPS) is 27.1. The van der Waals surface area contributed by atoms with E-state index in [9.17, 15) is 13.2 Å². The van der Waals surface area contributed by atoms with Crippen LogP contribution in [0.3, 0.4) is 0 Å². The molecule has 0 radical (unpaired) electrons. The third-order valence-electron chi connectivity index (χ3n) is 4.54. The first-order valence-electron chi connectivity index (χ1n) is 8.27. The summed E-state index contributed by atoms with van der Waals surface area (Å²) in [4.78, 5) is 12.3. The third kappa shape index (κ3) is 3.33. The molecule has 0 saturated heterocycles. The molecule has 1 saturated carbocycles. The summed E-state index contributed by atoms with van der Waals surface area (Å²) in [6, 6.07) is 5.23. The largest absolute Gasteiger partial charge is 0.454 e. The van der Waals surface area contributed by atoms with Crippen LogP contribution < -0.4 is 20.5 Å². The highest BCUT2D eigenvalue weighted by atomic mass is 32.2. The second kappa shape index (κ2) is 6.02. The van der Waals surface area contributed by atoms with E-state index in [2.05, 4.69) is 5.32 Å². The van der Waals surface area contributed by atoms with E-state index in [4.69, 9.17) is 19.9 Å². The maximum absolute atomic E-state index is 12.3. The van der Waals surface area contributed by atoms with Crippen LogP contribution in [0.1, 0.15) is 32.3 Å². The van der Waals surface area contributed by atoms with Gasteiger partial charge >= 0.3 is 6.09 Å². The van der Waals surface area contributed by atoms with Crippen molar-refractivity contribution in [2.45, 2.75) is 43.1 Å². The summed E-state index contributed by atoms with van der Waals surface area (Å²) in [5, 5.41) is 1.87. The first-order valence-corrected chi connectivity index (χ1v) is 10.2. The molecule has 0 spiro atoms. The van der Waals surface area contributed by atoms with E-state index in [1.165, 1.54) is 0 Å². The lowest BCUT2D eigenvalue weighted by Crippen LogP contribution is -2.48. The lowest BCUT2D eigenvalue weighted by atomic mass is 10.1. The standard InChI is InChI=1S/C17H24N2O6S/c1-16(2,3)25-15(20)19-17(8-18)13(14(17)26(4,21)22)10-5-6-11-12(7-10)24-9-23-11/h5-7,13-14H,8-9,18H2,1-4H3,(H,19,20)/t13-,14+,17-/m1/s1. The van der Waals surface area contributed by atoms with Gasteiger partial charge in [-0.1, -0.05) is 6.07 Å². The molecule has 1 fully saturated rings. The van der Waals surface area contributed by atoms with Crippen LogP contribution >= 0.6 is 0 Å². The Kier molecular flexibility index (Phi) is 4.35. The van der Waals surface area contributed by atoms with Gasteiger partial charge in [-0.15, -0.1) is 0 Å². The van der Waals surface area contributed by atoms with Crippen molar-refractivity contribution in [2.75, 3.05) is 19.6 Å². The molecule has 1 aliphatic heterocycles. The highest BCUT2D eigenvalue weighted by Crippen LogP contribution is 2.56. The van der Waals surface area contributed by atoms with Crippen LogP contribution in [0.2, 0.25) is 0 Å². The van der Waals surface area contributed by atoms with Crippen molar-refractivity contribution >= 4 is 15.9 Å². The number of amides is 1. The van der Waals surface area contributed by atoms with Crippen LogP contribution in [0.4, 0.5) is 4.79 Å². The second-order valence-electron chi connectivity index (χ2n) is 7.71. The zero-order valence-electron chi connectivity index (χ0n) is 15.2. The molecule has 1 aromatic rings. The van der Waals surface area contributed by atoms with Gasteiger partial charge < -0.3 is 25.3 Å². The van der Waals surface area contributed by atoms with Crippen molar-refractivity contribution in [3.63, 3.8) is 0 Å². The number of alkyl carbamates (subject to hydrolysis) is 1. The predicted octanol–water partition coefficient (Wildman–Crippen LogP) is 1.15. The fourth-order valence-corrected chi connectivity index (χ4v) is 5.43. The minimum atomic E-state index is -3.47. The monoisotopic (exact) mass is 384 g/mol. The lowest BCUT2D eigenvalue weighted by Gasteiger charge is -2.24. The number of carbonyl (C=O) groups is 1. The molecule has 26 heavy (non-hydrogen) atoms. The van der Waals surface area contributed by atoms with Gasteiger partial charge in [0.15, 0.2) is 21.3 Å². The number of ether oxygens (including phenoxy) is 3. The quantitative estimate of drug-likeness (QED) is 0.799. The van der Waals surface area contributed by atoms with Crippen LogP contribution in [0.25, 0.3) is 0 Å². The average molecular weight is 384 g/mol. The fraction of sp³-hybridized carbons (Fsp3) is 0.588. The number of rotatable bonds is 4. The summed E-state index contributed by atoms with van der Waals surface area (Å²) in [6.07, 6.45) is 0.450. The molecule has 3 rings (SSSR count). The molecular formula is C17H24N2O6S. The van der Waals surface area contributed by atoms with Gasteiger partial charge in [0, 0.05) is 18.7 Å². The number of fused-ring (bicyclic) bond motifs is 1. The second-order valence-corrected chi connectivity index (χ2v) is 9.88. The summed E-state index contributed by atoms with van der Waals surface area (Å²) < 4.78 is 40.6. The summed E-state index contributed by atoms with van der Waals surface area (Å²) in [6.45, 7) is 5.29. The zero-order chi connectivity index (χ0) is 19.3. The molecule has 1 amide bonds. The van der Waals surface area contributed by atoms with Crippen LogP contribution in [0.15, 0.2) is 18.2 Å². The molecular weight excluding hydrogens is 360 g/mol. The maximum atomic E-state index is 12.3. The molecule has 1 aromatic carbocycles. The van der Waals surface area contributed by atoms with Crippen molar-refractivity contribution in [1.82, 2.24) is 5.32 Å². The van der Waals surface area contributed by atoms with E-state index in [-0.39, 0.29) is 13.3 Å². The highest BCUT2D eigenvalue weighted by Gasteiger charge is 2.70. The highest BCUT2D eigenvalue weighted by molar-refractivity contribution is 7.91. The number of hydrogen-bond acceptors (Lipinski definition) is 7. The van der Waals surface area contributed by atoms with E-state index in [1.807, 2.05) is 0 Å². The summed E-state index contributed by atoms with van der Waals surface area (Å²) >= 11 is 0. The van der Waals surface area contributed by atoms with Crippen LogP contribution in [0.5, 0.6) is 11.5 Å². The Morgan fingerprint density at radius 2 is 2.00 bits per heavy atom. The number of sulfone groups is 1. The van der Waals surface area contributed by atoms with E-state index in [0.29, 0.717) is 17.1 Å². The molecule has 144 valence electrons. The van der Waals surface area contributed by atoms with Gasteiger partial charge in [0.1, 0.15) is 5.60 Å². The lowest BCUT2D eigenvalue weighted by molar-refractivity contribution is 0.0497. The number of hydrogen-bond donors (Lipinski definition) is 2. The topological polar surface area (TPSA) is 117 Å². The minimum absolute atomic E-state index is 0.0386. The van der Waals surface area contributed by atoms with E-state index >= 15 is 0 Å². The smallest absolute Gasteiger partial charge is 0.408 e. The summed E-state index contributed by atoms with van der Waals surface area (Å²) in [5.41, 5.74) is 4.81. The molecule has 3 atom stereocenters. The first kappa shape index (κ1) is 18.8. The van der Waals surface area contributed by atoms with Crippen molar-refractivity contribution in [1.29, 1.82) is 0 Å². The number of carbonyl (C=O) groups excluding carboxylic acids is 1. The SMILES string of the molecule is CC(C)(C)OC(=O)N[C@]1(CN)[C@H](c2ccc3c(c2)OCO3)[C@@H]1S(C)(=O)=O. The Morgan fingerprint density at radius 3 is 2.58 bits per heavy atom. The van der Waals surface area contributed by atoms with Crippen LogP contribution in [0, 0.1) is 0 Å². The Morgan fingerprint density at radius 1 is 1.35 bits per heavy atom. The van der Waals surface area contributed by atoms with Gasteiger partial charge in [0.25, 0.3) is 0 Å². The van der Waals surface area contributed by atoms with E-state index in [1.54, 1.807) is 39.0 Å². The van der Waals surface area contributed by atoms with Gasteiger partial charge in [0.2, 0.25) is 6.79 Å². The summed E-state index contributed by atoms with van der Waals surface area (Å²) in [5.74, 6) is 0.651. The molecule has 1 aliphatic carbocycles. The molecule has 9 heteroatoms. The number of benzene rings is 1. The Hall–Kier alpha value is -2.00. The first-order chi connectivity index (χ1) is 12.0. The molecule has 8 nitrogen and oxygen atoms in total. The molecule has 2 aliphatic rings. The van der Waals surface area contributed by atoms with E-state index < -0.39 is 38.2 Å². The molecule has 0 aromatic heterocycles. The van der Waals surface area contributed by atoms with Crippen LogP contribution in [-0.4, -0.2) is 50.5 Å². The van der Waals surface area contributed by atoms with Gasteiger partial charge in [-0.3, -0.25) is 0 Å². The molecule has 3 N–H and O–H groups in total. The van der Waals surface area contributed by atoms with Crippen LogP contribution in [-0.2, 0) is 14.6 Å². The van der Waals surface area contributed by atoms with Crippen molar-refractivity contribution in [2.24, 2.45) is 5.73 Å².